The summed E-state index contributed by atoms with van der Waals surface area (Å²) in [6.07, 6.45) is 5.97. The molecule has 0 saturated heterocycles. The molecule has 1 amide bonds. The first-order valence-corrected chi connectivity index (χ1v) is 12.1. The maximum atomic E-state index is 12.3. The van der Waals surface area contributed by atoms with Gasteiger partial charge in [0.2, 0.25) is 5.91 Å². The molecule has 0 fully saturated rings. The molecule has 0 spiro atoms. The second-order valence-electron chi connectivity index (χ2n) is 8.15. The summed E-state index contributed by atoms with van der Waals surface area (Å²) in [5.41, 5.74) is 7.50. The van der Waals surface area contributed by atoms with Crippen molar-refractivity contribution < 1.29 is 4.79 Å². The summed E-state index contributed by atoms with van der Waals surface area (Å²) >= 11 is 1.58. The number of para-hydroxylation sites is 2. The molecule has 5 rings (SSSR count). The van der Waals surface area contributed by atoms with E-state index in [-0.39, 0.29) is 5.91 Å². The van der Waals surface area contributed by atoms with Gasteiger partial charge in [-0.05, 0) is 41.8 Å². The van der Waals surface area contributed by atoms with Crippen molar-refractivity contribution in [2.24, 2.45) is 0 Å². The number of aryl methyl sites for hydroxylation is 1. The van der Waals surface area contributed by atoms with Crippen LogP contribution < -0.4 is 5.32 Å². The van der Waals surface area contributed by atoms with Crippen LogP contribution in [0.15, 0.2) is 79.4 Å². The lowest BCUT2D eigenvalue weighted by Gasteiger charge is -2.09. The Kier molecular flexibility index (Phi) is 6.13. The van der Waals surface area contributed by atoms with Gasteiger partial charge in [-0.25, -0.2) is 9.97 Å². The number of aromatic nitrogens is 4. The van der Waals surface area contributed by atoms with E-state index in [1.54, 1.807) is 11.8 Å². The van der Waals surface area contributed by atoms with Crippen molar-refractivity contribution in [1.29, 1.82) is 0 Å². The average Bonchev–Trinajstić information content (AvgIpc) is 3.41. The van der Waals surface area contributed by atoms with Crippen LogP contribution >= 0.6 is 11.8 Å². The van der Waals surface area contributed by atoms with Crippen LogP contribution in [0.1, 0.15) is 22.4 Å². The number of pyridine rings is 1. The summed E-state index contributed by atoms with van der Waals surface area (Å²) < 4.78 is 4.18. The first-order chi connectivity index (χ1) is 16.1. The van der Waals surface area contributed by atoms with Gasteiger partial charge in [0.25, 0.3) is 0 Å². The number of rotatable bonds is 8. The summed E-state index contributed by atoms with van der Waals surface area (Å²) in [7, 11) is 0. The smallest absolute Gasteiger partial charge is 0.230 e. The molecular weight excluding hydrogens is 430 g/mol. The predicted octanol–water partition coefficient (Wildman–Crippen LogP) is 4.59. The molecule has 0 bridgehead atoms. The topological polar surface area (TPSA) is 64.2 Å². The van der Waals surface area contributed by atoms with Crippen LogP contribution in [0.3, 0.4) is 0 Å². The van der Waals surface area contributed by atoms with E-state index in [4.69, 9.17) is 0 Å². The zero-order valence-electron chi connectivity index (χ0n) is 18.4. The number of hydrogen-bond donors (Lipinski definition) is 1. The van der Waals surface area contributed by atoms with Gasteiger partial charge in [-0.1, -0.05) is 42.5 Å². The first kappa shape index (κ1) is 21.3. The van der Waals surface area contributed by atoms with Crippen molar-refractivity contribution in [1.82, 2.24) is 24.3 Å². The van der Waals surface area contributed by atoms with E-state index in [2.05, 4.69) is 57.2 Å². The van der Waals surface area contributed by atoms with Crippen LogP contribution in [0.2, 0.25) is 0 Å². The molecule has 0 aliphatic rings. The number of carbonyl (C=O) groups excluding carboxylic acids is 1. The minimum Gasteiger partial charge on any atom is -0.351 e. The van der Waals surface area contributed by atoms with E-state index in [9.17, 15) is 4.79 Å². The Balaban J connectivity index is 1.12. The molecule has 0 aliphatic heterocycles. The molecule has 166 valence electrons. The highest BCUT2D eigenvalue weighted by molar-refractivity contribution is 7.99. The normalized spacial score (nSPS) is 11.3. The van der Waals surface area contributed by atoms with E-state index in [1.807, 2.05) is 53.3 Å². The van der Waals surface area contributed by atoms with Crippen LogP contribution in [0, 0.1) is 6.92 Å². The van der Waals surface area contributed by atoms with Crippen LogP contribution in [0.25, 0.3) is 16.7 Å². The summed E-state index contributed by atoms with van der Waals surface area (Å²) in [4.78, 5) is 21.4. The molecule has 3 aromatic heterocycles. The molecule has 6 nitrogen and oxygen atoms in total. The van der Waals surface area contributed by atoms with Crippen molar-refractivity contribution in [3.05, 3.63) is 102 Å². The highest BCUT2D eigenvalue weighted by Crippen LogP contribution is 2.16. The Hall–Kier alpha value is -3.58. The number of carbonyl (C=O) groups is 1. The zero-order valence-corrected chi connectivity index (χ0v) is 19.3. The second kappa shape index (κ2) is 9.50. The zero-order chi connectivity index (χ0) is 22.6. The average molecular weight is 456 g/mol. The SMILES string of the molecule is Cc1ccc2nc(CSCC(=O)NCc3cccc(Cn4cnc5ccccc54)c3)cn2c1. The minimum absolute atomic E-state index is 0.0330. The van der Waals surface area contributed by atoms with Crippen molar-refractivity contribution in [3.8, 4) is 0 Å². The standard InChI is InChI=1S/C26H25N5OS/c1-19-9-10-25-29-22(15-30(25)13-19)16-33-17-26(32)27-12-20-5-4-6-21(11-20)14-31-18-28-23-7-2-3-8-24(23)31/h2-11,13,15,18H,12,14,16-17H2,1H3,(H,27,32). The maximum Gasteiger partial charge on any atom is 0.230 e. The van der Waals surface area contributed by atoms with Crippen molar-refractivity contribution in [3.63, 3.8) is 0 Å². The number of benzene rings is 2. The molecule has 0 atom stereocenters. The van der Waals surface area contributed by atoms with E-state index >= 15 is 0 Å². The van der Waals surface area contributed by atoms with Crippen molar-refractivity contribution in [2.75, 3.05) is 5.75 Å². The van der Waals surface area contributed by atoms with Gasteiger partial charge in [-0.15, -0.1) is 11.8 Å². The summed E-state index contributed by atoms with van der Waals surface area (Å²) in [6.45, 7) is 3.33. The van der Waals surface area contributed by atoms with Crippen LogP contribution in [-0.4, -0.2) is 30.6 Å². The van der Waals surface area contributed by atoms with E-state index in [1.165, 1.54) is 11.1 Å². The van der Waals surface area contributed by atoms with Crippen molar-refractivity contribution in [2.45, 2.75) is 25.8 Å². The lowest BCUT2D eigenvalue weighted by molar-refractivity contribution is -0.118. The molecule has 2 aromatic carbocycles. The Morgan fingerprint density at radius 2 is 1.91 bits per heavy atom. The molecule has 0 unspecified atom stereocenters. The van der Waals surface area contributed by atoms with Gasteiger partial charge in [0.15, 0.2) is 0 Å². The molecule has 3 heterocycles. The van der Waals surface area contributed by atoms with Crippen LogP contribution in [-0.2, 0) is 23.6 Å². The lowest BCUT2D eigenvalue weighted by atomic mass is 10.1. The van der Waals surface area contributed by atoms with Gasteiger partial charge in [0.05, 0.1) is 28.8 Å². The van der Waals surface area contributed by atoms with Gasteiger partial charge >= 0.3 is 0 Å². The first-order valence-electron chi connectivity index (χ1n) is 10.9. The molecule has 1 N–H and O–H groups in total. The molecule has 7 heteroatoms. The van der Waals surface area contributed by atoms with E-state index in [0.717, 1.165) is 34.5 Å². The molecular formula is C26H25N5OS. The number of fused-ring (bicyclic) bond motifs is 2. The monoisotopic (exact) mass is 455 g/mol. The molecule has 0 saturated carbocycles. The number of hydrogen-bond acceptors (Lipinski definition) is 4. The van der Waals surface area contributed by atoms with Gasteiger partial charge in [0, 0.05) is 31.2 Å². The third-order valence-corrected chi connectivity index (χ3v) is 6.46. The Morgan fingerprint density at radius 3 is 2.85 bits per heavy atom. The van der Waals surface area contributed by atoms with Crippen molar-refractivity contribution >= 4 is 34.3 Å². The van der Waals surface area contributed by atoms with Gasteiger partial charge < -0.3 is 14.3 Å². The molecule has 5 aromatic rings. The maximum absolute atomic E-state index is 12.3. The number of imidazole rings is 2. The van der Waals surface area contributed by atoms with E-state index in [0.29, 0.717) is 18.1 Å². The molecule has 0 radical (unpaired) electrons. The summed E-state index contributed by atoms with van der Waals surface area (Å²) in [5, 5.41) is 3.03. The second-order valence-corrected chi connectivity index (χ2v) is 9.14. The third-order valence-electron chi connectivity index (χ3n) is 5.49. The molecule has 0 aliphatic carbocycles. The fourth-order valence-corrected chi connectivity index (χ4v) is 4.63. The van der Waals surface area contributed by atoms with Crippen LogP contribution in [0.5, 0.6) is 0 Å². The Bertz CT molecular complexity index is 1420. The Morgan fingerprint density at radius 1 is 1.03 bits per heavy atom. The van der Waals surface area contributed by atoms with Gasteiger partial charge in [-0.3, -0.25) is 4.79 Å². The Labute approximate surface area is 196 Å². The predicted molar refractivity (Wildman–Crippen MR) is 133 cm³/mol. The number of nitrogens with one attached hydrogen (secondary N) is 1. The fourth-order valence-electron chi connectivity index (χ4n) is 3.90. The fraction of sp³-hybridized carbons (Fsp3) is 0.192. The van der Waals surface area contributed by atoms with Gasteiger partial charge in [0.1, 0.15) is 5.65 Å². The molecule has 33 heavy (non-hydrogen) atoms. The lowest BCUT2D eigenvalue weighted by Crippen LogP contribution is -2.24. The van der Waals surface area contributed by atoms with E-state index < -0.39 is 0 Å². The minimum atomic E-state index is 0.0330. The number of thioether (sulfide) groups is 1. The third kappa shape index (κ3) is 5.09. The van der Waals surface area contributed by atoms with Crippen LogP contribution in [0.4, 0.5) is 0 Å². The summed E-state index contributed by atoms with van der Waals surface area (Å²) in [6, 6.07) is 20.5. The highest BCUT2D eigenvalue weighted by atomic mass is 32.2. The number of amides is 1. The largest absolute Gasteiger partial charge is 0.351 e. The number of nitrogens with zero attached hydrogens (tertiary/aromatic N) is 4. The van der Waals surface area contributed by atoms with Gasteiger partial charge in [-0.2, -0.15) is 0 Å². The quantitative estimate of drug-likeness (QED) is 0.372. The highest BCUT2D eigenvalue weighted by Gasteiger charge is 2.07. The summed E-state index contributed by atoms with van der Waals surface area (Å²) in [5.74, 6) is 1.15.